The second-order valence-electron chi connectivity index (χ2n) is 28.9. The van der Waals surface area contributed by atoms with Crippen LogP contribution in [0.1, 0.15) is 149 Å². The minimum atomic E-state index is -1.56. The van der Waals surface area contributed by atoms with Crippen molar-refractivity contribution in [3.63, 3.8) is 0 Å². The van der Waals surface area contributed by atoms with Gasteiger partial charge in [-0.1, -0.05) is 123 Å². The number of hydrogen-bond donors (Lipinski definition) is 8. The van der Waals surface area contributed by atoms with Crippen LogP contribution in [-0.4, -0.2) is 212 Å². The monoisotopic (exact) mass is 1460 g/mol. The fourth-order valence-corrected chi connectivity index (χ4v) is 13.8. The number of rotatable bonds is 43. The number of imide groups is 1. The van der Waals surface area contributed by atoms with E-state index in [1.165, 1.54) is 31.3 Å². The lowest BCUT2D eigenvalue weighted by molar-refractivity contribution is -0.150. The Balaban J connectivity index is 1.15. The van der Waals surface area contributed by atoms with Crippen LogP contribution in [0.15, 0.2) is 91.0 Å². The zero-order valence-electron chi connectivity index (χ0n) is 63.6. The van der Waals surface area contributed by atoms with Crippen molar-refractivity contribution in [2.45, 2.75) is 194 Å². The number of carbonyl (C=O) groups is 12. The van der Waals surface area contributed by atoms with Gasteiger partial charge in [0.05, 0.1) is 42.5 Å². The molecule has 578 valence electrons. The molecule has 28 nitrogen and oxygen atoms in total. The van der Waals surface area contributed by atoms with Gasteiger partial charge in [-0.2, -0.15) is 0 Å². The van der Waals surface area contributed by atoms with Crippen LogP contribution in [0.4, 0.5) is 21.0 Å². The third kappa shape index (κ3) is 24.5. The summed E-state index contributed by atoms with van der Waals surface area (Å²) in [7, 11) is 8.06. The molecule has 2 aliphatic rings. The first-order valence-electron chi connectivity index (χ1n) is 36.4. The molecule has 10 N–H and O–H groups in total. The van der Waals surface area contributed by atoms with Crippen molar-refractivity contribution in [1.29, 1.82) is 0 Å². The van der Waals surface area contributed by atoms with E-state index in [9.17, 15) is 62.6 Å². The Morgan fingerprint density at radius 1 is 0.743 bits per heavy atom. The van der Waals surface area contributed by atoms with Gasteiger partial charge in [0.15, 0.2) is 5.78 Å². The normalized spacial score (nSPS) is 16.8. The van der Waals surface area contributed by atoms with E-state index in [1.54, 1.807) is 111 Å². The number of Topliss-reactive ketones (excluding diaryl/α,β-unsaturated/α-hetero) is 1. The summed E-state index contributed by atoms with van der Waals surface area (Å²) in [6.45, 7) is 17.7. The highest BCUT2D eigenvalue weighted by Gasteiger charge is 2.52. The molecule has 1 fully saturated rings. The first kappa shape index (κ1) is 86.5. The van der Waals surface area contributed by atoms with E-state index < -0.39 is 95.4 Å². The quantitative estimate of drug-likeness (QED) is 0.0228. The summed E-state index contributed by atoms with van der Waals surface area (Å²) in [5.41, 5.74) is 13.1. The molecule has 5 rings (SSSR count). The summed E-state index contributed by atoms with van der Waals surface area (Å²) < 4.78 is 17.5. The van der Waals surface area contributed by atoms with Crippen LogP contribution in [0.2, 0.25) is 0 Å². The lowest BCUT2D eigenvalue weighted by atomic mass is 9.69. The van der Waals surface area contributed by atoms with Crippen LogP contribution in [-0.2, 0) is 75.2 Å². The number of methoxy groups -OCH3 is 2. The molecule has 6 unspecified atom stereocenters. The molecule has 0 aliphatic carbocycles. The largest absolute Gasteiger partial charge is 0.480 e. The molecule has 105 heavy (non-hydrogen) atoms. The predicted octanol–water partition coefficient (Wildman–Crippen LogP) is 6.28. The summed E-state index contributed by atoms with van der Waals surface area (Å²) in [6.07, 6.45) is 5.04. The van der Waals surface area contributed by atoms with Crippen LogP contribution in [0.25, 0.3) is 0 Å². The molecule has 11 amide bonds. The lowest BCUT2D eigenvalue weighted by Gasteiger charge is -2.43. The fourth-order valence-electron chi connectivity index (χ4n) is 13.8. The number of benzene rings is 3. The summed E-state index contributed by atoms with van der Waals surface area (Å²) in [6, 6.07) is 15.2. The molecule has 28 heteroatoms. The average molecular weight is 1460 g/mol. The highest BCUT2D eigenvalue weighted by Crippen LogP contribution is 2.41. The van der Waals surface area contributed by atoms with Gasteiger partial charge in [0.1, 0.15) is 30.8 Å². The third-order valence-electron chi connectivity index (χ3n) is 20.1. The van der Waals surface area contributed by atoms with E-state index in [-0.39, 0.29) is 111 Å². The van der Waals surface area contributed by atoms with Gasteiger partial charge in [0, 0.05) is 90.5 Å². The molecule has 3 aromatic rings. The number of nitrogens with zero attached hydrogens (tertiary/aromatic N) is 5. The minimum Gasteiger partial charge on any atom is -0.480 e. The average Bonchev–Trinajstić information content (AvgIpc) is 1.75. The SMILES string of the molecule is CC[C@H](C)[C@@H]([C@@H](CC(=O)N1CCCC1C(C)(COC)C(=O)[C@H](c1ccccc1)[C@@H](N)C(=O)O)OC)N(C)C(=O)C(NC(=O)C(C(C)C)N(C)CCc1ccc(N(C)C(=O)OCc2ccc(NC(=O)C(CCCNC(N)=O)NC(=O)C(NC(=O)CCCCCN3C(=O)C=CC3=O)C(C)C)cc2)cc1)C(C)C. The Kier molecular flexibility index (Phi) is 34.2. The molecule has 2 heterocycles. The topological polar surface area (TPSA) is 381 Å². The first-order chi connectivity index (χ1) is 49.7. The van der Waals surface area contributed by atoms with Gasteiger partial charge in [-0.25, -0.2) is 9.59 Å². The van der Waals surface area contributed by atoms with Gasteiger partial charge >= 0.3 is 18.1 Å². The van der Waals surface area contributed by atoms with E-state index in [0.29, 0.717) is 80.5 Å². The molecule has 0 bridgehead atoms. The highest BCUT2D eigenvalue weighted by atomic mass is 16.6. The van der Waals surface area contributed by atoms with Crippen molar-refractivity contribution < 1.29 is 76.9 Å². The molecule has 0 saturated carbocycles. The van der Waals surface area contributed by atoms with Gasteiger partial charge in [-0.3, -0.25) is 62.6 Å². The Labute approximate surface area is 618 Å². The number of anilines is 2. The van der Waals surface area contributed by atoms with Crippen molar-refractivity contribution in [3.8, 4) is 0 Å². The molecule has 0 radical (unpaired) electrons. The number of ether oxygens (including phenoxy) is 3. The number of carbonyl (C=O) groups excluding carboxylic acids is 11. The number of nitrogens with one attached hydrogen (secondary N) is 5. The Hall–Kier alpha value is -9.12. The van der Waals surface area contributed by atoms with Gasteiger partial charge in [0.2, 0.25) is 35.4 Å². The number of hydrogen-bond acceptors (Lipinski definition) is 17. The minimum absolute atomic E-state index is 0.0965. The number of carboxylic acid groups (broad SMARTS) is 1. The molecule has 0 aromatic heterocycles. The Morgan fingerprint density at radius 3 is 1.94 bits per heavy atom. The molecular weight excluding hydrogens is 1350 g/mol. The summed E-state index contributed by atoms with van der Waals surface area (Å²) in [4.78, 5) is 168. The van der Waals surface area contributed by atoms with Gasteiger partial charge in [-0.05, 0) is 124 Å². The van der Waals surface area contributed by atoms with Crippen molar-refractivity contribution in [2.75, 3.05) is 78.4 Å². The van der Waals surface area contributed by atoms with Gasteiger partial charge < -0.3 is 67.2 Å². The maximum Gasteiger partial charge on any atom is 0.414 e. The zero-order valence-corrected chi connectivity index (χ0v) is 63.6. The highest BCUT2D eigenvalue weighted by molar-refractivity contribution is 6.13. The number of primary amides is 1. The van der Waals surface area contributed by atoms with E-state index in [4.69, 9.17) is 25.7 Å². The molecular formula is C77H114N12O16. The van der Waals surface area contributed by atoms with Crippen LogP contribution >= 0.6 is 0 Å². The number of nitrogens with two attached hydrogens (primary N) is 2. The van der Waals surface area contributed by atoms with Gasteiger partial charge in [0.25, 0.3) is 11.8 Å². The third-order valence-corrected chi connectivity index (χ3v) is 20.1. The fraction of sp³-hybridized carbons (Fsp3) is 0.584. The van der Waals surface area contributed by atoms with E-state index in [2.05, 4.69) is 26.6 Å². The zero-order chi connectivity index (χ0) is 78.0. The van der Waals surface area contributed by atoms with Crippen LogP contribution in [0.3, 0.4) is 0 Å². The number of ketones is 1. The van der Waals surface area contributed by atoms with Gasteiger partial charge in [-0.15, -0.1) is 0 Å². The second kappa shape index (κ2) is 41.5. The summed E-state index contributed by atoms with van der Waals surface area (Å²) in [5.74, 6) is -7.33. The number of aliphatic carboxylic acids is 1. The number of amides is 11. The number of urea groups is 1. The summed E-state index contributed by atoms with van der Waals surface area (Å²) in [5, 5.41) is 24.0. The second-order valence-corrected chi connectivity index (χ2v) is 28.9. The Morgan fingerprint density at radius 2 is 1.37 bits per heavy atom. The first-order valence-corrected chi connectivity index (χ1v) is 36.4. The van der Waals surface area contributed by atoms with Crippen molar-refractivity contribution in [3.05, 3.63) is 108 Å². The molecule has 11 atom stereocenters. The number of carboxylic acids is 1. The molecule has 2 aliphatic heterocycles. The van der Waals surface area contributed by atoms with E-state index in [1.807, 2.05) is 65.6 Å². The molecule has 3 aromatic carbocycles. The number of likely N-dealkylation sites (N-methyl/N-ethyl adjacent to an activating group) is 2. The van der Waals surface area contributed by atoms with E-state index >= 15 is 0 Å². The van der Waals surface area contributed by atoms with Crippen LogP contribution < -0.4 is 43.0 Å². The number of likely N-dealkylation sites (tertiary alicyclic amines) is 1. The maximum atomic E-state index is 14.9. The maximum absolute atomic E-state index is 14.9. The van der Waals surface area contributed by atoms with Crippen molar-refractivity contribution in [2.24, 2.45) is 40.6 Å². The number of unbranched alkanes of at least 4 members (excludes halogenated alkanes) is 2. The molecule has 0 spiro atoms. The smallest absolute Gasteiger partial charge is 0.414 e. The standard InChI is InChI=1S/C77H114N12O16/c1-15-50(8)68(57(104-14)44-62(93)88-42-23-27-58(88)77(9,46-103-13)69(94)63(64(78)74(99)100)53-24-18-16-19-25-53)87(12)73(98)66(48(4)5)84-72(97)67(49(6)7)85(10)43-39-51-31-35-55(36-32-51)86(11)76(102)105-45-52-29-33-54(34-30-52)81-70(95)56(26-22-40-80-75(79)101)82-71(96)65(47(2)3)83-59(90)28-20-17-21-41-89-60(91)37-38-61(89)92/h16,18-19,24-25,29-38,47-50,56-58,63-68H,15,17,20-23,26-28,39-46,78H2,1-14H3,(H,81,95)(H,82,96)(H,83,90)(H,84,97)(H,99,100)(H3,79,80,101)/t50-,56?,57+,58?,63+,64+,65?,66?,67?,68-,77?/m0/s1. The Bertz CT molecular complexity index is 3450. The van der Waals surface area contributed by atoms with Crippen molar-refractivity contribution in [1.82, 2.24) is 40.9 Å². The summed E-state index contributed by atoms with van der Waals surface area (Å²) >= 11 is 0. The molecule has 1 saturated heterocycles. The van der Waals surface area contributed by atoms with Crippen LogP contribution in [0.5, 0.6) is 0 Å². The van der Waals surface area contributed by atoms with Crippen molar-refractivity contribution >= 4 is 82.5 Å². The predicted molar refractivity (Wildman–Crippen MR) is 398 cm³/mol. The lowest BCUT2D eigenvalue weighted by Crippen LogP contribution is -2.60. The van der Waals surface area contributed by atoms with E-state index in [0.717, 1.165) is 10.5 Å². The van der Waals surface area contributed by atoms with Crippen LogP contribution in [0, 0.1) is 29.1 Å².